The van der Waals surface area contributed by atoms with Gasteiger partial charge in [0, 0.05) is 31.2 Å². The Bertz CT molecular complexity index is 588. The first-order valence-corrected chi connectivity index (χ1v) is 6.95. The first-order valence-electron chi connectivity index (χ1n) is 6.95. The molecular weight excluding hydrogens is 266 g/mol. The Morgan fingerprint density at radius 2 is 2.19 bits per heavy atom. The van der Waals surface area contributed by atoms with E-state index in [9.17, 15) is 4.79 Å². The third kappa shape index (κ3) is 4.52. The van der Waals surface area contributed by atoms with Crippen molar-refractivity contribution in [3.8, 4) is 0 Å². The minimum Gasteiger partial charge on any atom is -0.350 e. The molecule has 2 aromatic rings. The van der Waals surface area contributed by atoms with Crippen molar-refractivity contribution in [3.05, 3.63) is 48.0 Å². The minimum absolute atomic E-state index is 0.124. The Labute approximate surface area is 124 Å². The van der Waals surface area contributed by atoms with Gasteiger partial charge in [-0.25, -0.2) is 9.97 Å². The number of carbonyl (C=O) groups is 1. The van der Waals surface area contributed by atoms with Gasteiger partial charge in [0.15, 0.2) is 0 Å². The van der Waals surface area contributed by atoms with Gasteiger partial charge in [-0.1, -0.05) is 13.0 Å². The van der Waals surface area contributed by atoms with Crippen molar-refractivity contribution in [3.63, 3.8) is 0 Å². The van der Waals surface area contributed by atoms with Crippen LogP contribution < -0.4 is 10.6 Å². The number of pyridine rings is 1. The van der Waals surface area contributed by atoms with Crippen LogP contribution in [0, 0.1) is 0 Å². The van der Waals surface area contributed by atoms with Gasteiger partial charge in [0.05, 0.1) is 0 Å². The van der Waals surface area contributed by atoms with E-state index in [0.29, 0.717) is 18.2 Å². The van der Waals surface area contributed by atoms with Crippen molar-refractivity contribution in [1.29, 1.82) is 0 Å². The number of anilines is 1. The van der Waals surface area contributed by atoms with Gasteiger partial charge >= 0.3 is 0 Å². The predicted octanol–water partition coefficient (Wildman–Crippen LogP) is 2.01. The van der Waals surface area contributed by atoms with Crippen LogP contribution in [0.1, 0.15) is 36.3 Å². The zero-order valence-corrected chi connectivity index (χ0v) is 12.2. The normalized spacial score (nSPS) is 11.7. The lowest BCUT2D eigenvalue weighted by molar-refractivity contribution is 0.0934. The Morgan fingerprint density at radius 3 is 2.90 bits per heavy atom. The largest absolute Gasteiger partial charge is 0.350 e. The first-order chi connectivity index (χ1) is 10.2. The van der Waals surface area contributed by atoms with Gasteiger partial charge in [-0.3, -0.25) is 9.78 Å². The van der Waals surface area contributed by atoms with Crippen molar-refractivity contribution in [2.45, 2.75) is 32.9 Å². The maximum atomic E-state index is 12.0. The second-order valence-electron chi connectivity index (χ2n) is 4.76. The molecule has 2 aromatic heterocycles. The van der Waals surface area contributed by atoms with Crippen molar-refractivity contribution in [2.24, 2.45) is 0 Å². The number of nitrogens with one attached hydrogen (secondary N) is 2. The highest BCUT2D eigenvalue weighted by molar-refractivity contribution is 5.92. The van der Waals surface area contributed by atoms with Gasteiger partial charge in [-0.05, 0) is 31.0 Å². The number of aromatic nitrogens is 3. The fourth-order valence-corrected chi connectivity index (χ4v) is 1.65. The van der Waals surface area contributed by atoms with Crippen molar-refractivity contribution in [2.75, 3.05) is 5.32 Å². The van der Waals surface area contributed by atoms with Gasteiger partial charge in [-0.2, -0.15) is 0 Å². The second-order valence-corrected chi connectivity index (χ2v) is 4.76. The monoisotopic (exact) mass is 285 g/mol. The van der Waals surface area contributed by atoms with Gasteiger partial charge in [0.1, 0.15) is 5.69 Å². The second kappa shape index (κ2) is 7.33. The summed E-state index contributed by atoms with van der Waals surface area (Å²) in [6.07, 6.45) is 5.94. The van der Waals surface area contributed by atoms with E-state index < -0.39 is 0 Å². The quantitative estimate of drug-likeness (QED) is 0.848. The Morgan fingerprint density at radius 1 is 1.33 bits per heavy atom. The zero-order chi connectivity index (χ0) is 15.1. The number of amides is 1. The molecular formula is C15H19N5O. The summed E-state index contributed by atoms with van der Waals surface area (Å²) < 4.78 is 0. The third-order valence-corrected chi connectivity index (χ3v) is 3.05. The number of hydrogen-bond acceptors (Lipinski definition) is 5. The molecule has 110 valence electrons. The molecule has 0 radical (unpaired) electrons. The fourth-order valence-electron chi connectivity index (χ4n) is 1.65. The molecule has 0 aliphatic rings. The molecule has 21 heavy (non-hydrogen) atoms. The van der Waals surface area contributed by atoms with Gasteiger partial charge in [0.25, 0.3) is 5.91 Å². The van der Waals surface area contributed by atoms with Gasteiger partial charge < -0.3 is 10.6 Å². The summed E-state index contributed by atoms with van der Waals surface area (Å²) >= 11 is 0. The Balaban J connectivity index is 1.99. The van der Waals surface area contributed by atoms with E-state index >= 15 is 0 Å². The molecule has 0 aromatic carbocycles. The Kier molecular flexibility index (Phi) is 5.20. The lowest BCUT2D eigenvalue weighted by atomic mass is 10.2. The van der Waals surface area contributed by atoms with Crippen LogP contribution in [0.5, 0.6) is 0 Å². The highest BCUT2D eigenvalue weighted by Gasteiger charge is 2.10. The molecule has 0 aliphatic heterocycles. The van der Waals surface area contributed by atoms with Crippen molar-refractivity contribution < 1.29 is 4.79 Å². The van der Waals surface area contributed by atoms with E-state index in [-0.39, 0.29) is 11.9 Å². The lowest BCUT2D eigenvalue weighted by Crippen LogP contribution is -2.32. The van der Waals surface area contributed by atoms with Crippen LogP contribution in [-0.4, -0.2) is 26.9 Å². The maximum absolute atomic E-state index is 12.0. The molecule has 6 heteroatoms. The van der Waals surface area contributed by atoms with E-state index in [2.05, 4.69) is 25.6 Å². The summed E-state index contributed by atoms with van der Waals surface area (Å²) in [5.41, 5.74) is 1.38. The number of nitrogens with zero attached hydrogens (tertiary/aromatic N) is 3. The van der Waals surface area contributed by atoms with E-state index in [4.69, 9.17) is 0 Å². The molecule has 0 saturated heterocycles. The molecule has 2 N–H and O–H groups in total. The highest BCUT2D eigenvalue weighted by atomic mass is 16.1. The van der Waals surface area contributed by atoms with Gasteiger partial charge in [0.2, 0.25) is 5.95 Å². The molecule has 1 atom stereocenters. The van der Waals surface area contributed by atoms with Crippen molar-refractivity contribution in [1.82, 2.24) is 20.3 Å². The highest BCUT2D eigenvalue weighted by Crippen LogP contribution is 2.04. The third-order valence-electron chi connectivity index (χ3n) is 3.05. The summed E-state index contributed by atoms with van der Waals surface area (Å²) in [5, 5.41) is 5.96. The van der Waals surface area contributed by atoms with E-state index in [1.54, 1.807) is 24.7 Å². The molecule has 0 fully saturated rings. The van der Waals surface area contributed by atoms with Crippen molar-refractivity contribution >= 4 is 11.9 Å². The lowest BCUT2D eigenvalue weighted by Gasteiger charge is -2.11. The Hall–Kier alpha value is -2.50. The number of carbonyl (C=O) groups excluding carboxylic acids is 1. The summed E-state index contributed by atoms with van der Waals surface area (Å²) in [7, 11) is 0. The van der Waals surface area contributed by atoms with Crippen LogP contribution in [0.4, 0.5) is 5.95 Å². The molecule has 2 rings (SSSR count). The fraction of sp³-hybridized carbons (Fsp3) is 0.333. The van der Waals surface area contributed by atoms with E-state index in [1.807, 2.05) is 26.0 Å². The minimum atomic E-state index is -0.184. The van der Waals surface area contributed by atoms with Crippen LogP contribution >= 0.6 is 0 Å². The molecule has 6 nitrogen and oxygen atoms in total. The first kappa shape index (κ1) is 14.9. The van der Waals surface area contributed by atoms with Crippen LogP contribution in [0.2, 0.25) is 0 Å². The molecule has 0 aliphatic carbocycles. The molecule has 0 bridgehead atoms. The zero-order valence-electron chi connectivity index (χ0n) is 12.2. The number of hydrogen-bond donors (Lipinski definition) is 2. The average Bonchev–Trinajstić information content (AvgIpc) is 2.54. The SMILES string of the molecule is CCC(C)NC(=O)c1ccnc(NCc2cccnc2)n1. The smallest absolute Gasteiger partial charge is 0.270 e. The van der Waals surface area contributed by atoms with Crippen LogP contribution in [0.25, 0.3) is 0 Å². The molecule has 1 unspecified atom stereocenters. The molecule has 0 saturated carbocycles. The standard InChI is InChI=1S/C15H19N5O/c1-3-11(2)19-14(21)13-6-8-17-15(20-13)18-10-12-5-4-7-16-9-12/h4-9,11H,3,10H2,1-2H3,(H,19,21)(H,17,18,20). The molecule has 0 spiro atoms. The summed E-state index contributed by atoms with van der Waals surface area (Å²) in [4.78, 5) is 24.4. The predicted molar refractivity (Wildman–Crippen MR) is 80.8 cm³/mol. The summed E-state index contributed by atoms with van der Waals surface area (Å²) in [5.74, 6) is 0.242. The average molecular weight is 285 g/mol. The van der Waals surface area contributed by atoms with Gasteiger partial charge in [-0.15, -0.1) is 0 Å². The van der Waals surface area contributed by atoms with E-state index in [0.717, 1.165) is 12.0 Å². The summed E-state index contributed by atoms with van der Waals surface area (Å²) in [6, 6.07) is 5.56. The number of rotatable bonds is 6. The van der Waals surface area contributed by atoms with E-state index in [1.165, 1.54) is 0 Å². The topological polar surface area (TPSA) is 79.8 Å². The van der Waals surface area contributed by atoms with Crippen LogP contribution in [0.15, 0.2) is 36.8 Å². The molecule has 2 heterocycles. The van der Waals surface area contributed by atoms with Crippen LogP contribution in [0.3, 0.4) is 0 Å². The van der Waals surface area contributed by atoms with Crippen LogP contribution in [-0.2, 0) is 6.54 Å². The maximum Gasteiger partial charge on any atom is 0.270 e. The molecule has 1 amide bonds. The summed E-state index contributed by atoms with van der Waals surface area (Å²) in [6.45, 7) is 4.54.